The van der Waals surface area contributed by atoms with Crippen LogP contribution >= 0.6 is 0 Å². The van der Waals surface area contributed by atoms with Gasteiger partial charge in [0.15, 0.2) is 0 Å². The van der Waals surface area contributed by atoms with E-state index in [4.69, 9.17) is 9.97 Å². The third-order valence-corrected chi connectivity index (χ3v) is 10.0. The molecule has 0 amide bonds. The van der Waals surface area contributed by atoms with Gasteiger partial charge in [-0.15, -0.1) is 0 Å². The third-order valence-electron chi connectivity index (χ3n) is 10.0. The van der Waals surface area contributed by atoms with Gasteiger partial charge in [0, 0.05) is 57.6 Å². The number of hydrogen-bond donors (Lipinski definition) is 0. The van der Waals surface area contributed by atoms with E-state index in [2.05, 4.69) is 143 Å². The van der Waals surface area contributed by atoms with Gasteiger partial charge in [0.2, 0.25) is 0 Å². The average Bonchev–Trinajstić information content (AvgIpc) is 3.24. The lowest BCUT2D eigenvalue weighted by Crippen LogP contribution is -1.93. The highest BCUT2D eigenvalue weighted by Gasteiger charge is 2.18. The monoisotopic (exact) mass is 662 g/mol. The fraction of sp³-hybridized carbons (Fsp3) is 0. The van der Waals surface area contributed by atoms with E-state index in [9.17, 15) is 0 Å². The molecule has 0 saturated heterocycles. The molecule has 10 rings (SSSR count). The maximum atomic E-state index is 5.39. The summed E-state index contributed by atoms with van der Waals surface area (Å²) in [6.07, 6.45) is 7.23. The minimum absolute atomic E-state index is 0.896. The highest BCUT2D eigenvalue weighted by atomic mass is 14.7. The maximum absolute atomic E-state index is 5.39. The number of benzene rings is 6. The molecule has 4 aromatic heterocycles. The Bertz CT molecular complexity index is 2900. The van der Waals surface area contributed by atoms with Crippen LogP contribution in [0.1, 0.15) is 0 Å². The van der Waals surface area contributed by atoms with Gasteiger partial charge in [0.1, 0.15) is 0 Å². The molecule has 0 radical (unpaired) electrons. The highest BCUT2D eigenvalue weighted by molar-refractivity contribution is 6.33. The van der Waals surface area contributed by atoms with Gasteiger partial charge in [-0.1, -0.05) is 103 Å². The Kier molecular flexibility index (Phi) is 7.10. The molecule has 6 aromatic carbocycles. The zero-order valence-electron chi connectivity index (χ0n) is 28.1. The number of pyridine rings is 4. The smallest absolute Gasteiger partial charge is 0.0794 e. The molecule has 0 saturated carbocycles. The average molecular weight is 663 g/mol. The van der Waals surface area contributed by atoms with Crippen molar-refractivity contribution in [3.63, 3.8) is 0 Å². The Balaban J connectivity index is 1.15. The van der Waals surface area contributed by atoms with Crippen LogP contribution in [-0.4, -0.2) is 19.9 Å². The summed E-state index contributed by atoms with van der Waals surface area (Å²) in [5.74, 6) is 0. The number of rotatable bonds is 5. The van der Waals surface area contributed by atoms with Gasteiger partial charge in [0.05, 0.1) is 22.6 Å². The molecule has 0 aliphatic carbocycles. The van der Waals surface area contributed by atoms with E-state index in [1.165, 1.54) is 37.7 Å². The van der Waals surface area contributed by atoms with E-state index in [1.807, 2.05) is 49.1 Å². The summed E-state index contributed by atoms with van der Waals surface area (Å²) in [7, 11) is 0. The van der Waals surface area contributed by atoms with Crippen LogP contribution in [0.15, 0.2) is 183 Å². The minimum atomic E-state index is 0.896. The molecule has 0 N–H and O–H groups in total. The normalized spacial score (nSPS) is 11.5. The first kappa shape index (κ1) is 29.8. The number of hydrogen-bond acceptors (Lipinski definition) is 4. The zero-order valence-corrected chi connectivity index (χ0v) is 28.1. The summed E-state index contributed by atoms with van der Waals surface area (Å²) in [5, 5.41) is 8.55. The van der Waals surface area contributed by atoms with E-state index in [0.717, 1.165) is 61.5 Å². The Morgan fingerprint density at radius 1 is 0.288 bits per heavy atom. The lowest BCUT2D eigenvalue weighted by molar-refractivity contribution is 1.27. The van der Waals surface area contributed by atoms with Crippen LogP contribution in [0.5, 0.6) is 0 Å². The first-order valence-corrected chi connectivity index (χ1v) is 17.4. The van der Waals surface area contributed by atoms with Crippen LogP contribution in [0.3, 0.4) is 0 Å². The van der Waals surface area contributed by atoms with Crippen molar-refractivity contribution in [2.24, 2.45) is 0 Å². The molecular weight excluding hydrogens is 633 g/mol. The lowest BCUT2D eigenvalue weighted by Gasteiger charge is -2.17. The van der Waals surface area contributed by atoms with Gasteiger partial charge in [-0.3, -0.25) is 9.97 Å². The maximum Gasteiger partial charge on any atom is 0.0794 e. The first-order chi connectivity index (χ1) is 25.8. The SMILES string of the molecule is c1cc(-c2cccc(-c3nc4ccccc4c4c5ccccc5c5ccccc5c34)c2)cc(-c2cc(-c3ccncc3)nc(-c3ccncc3)c2)c1. The molecule has 0 fully saturated rings. The van der Waals surface area contributed by atoms with Crippen LogP contribution in [0.4, 0.5) is 0 Å². The highest BCUT2D eigenvalue weighted by Crippen LogP contribution is 2.43. The molecule has 52 heavy (non-hydrogen) atoms. The second kappa shape index (κ2) is 12.4. The second-order valence-corrected chi connectivity index (χ2v) is 13.1. The summed E-state index contributed by atoms with van der Waals surface area (Å²) in [4.78, 5) is 18.9. The van der Waals surface area contributed by atoms with Gasteiger partial charge < -0.3 is 0 Å². The first-order valence-electron chi connectivity index (χ1n) is 17.4. The summed E-state index contributed by atoms with van der Waals surface area (Å²) in [5.41, 5.74) is 11.4. The van der Waals surface area contributed by atoms with Crippen LogP contribution < -0.4 is 0 Å². The standard InChI is InChI=1S/C48H30N4/c1-3-15-40-38(13-1)39-14-2-4-16-41(39)47-46(40)42-17-5-6-18-43(42)52-48(47)36-12-8-10-34(28-36)33-9-7-11-35(27-33)37-29-44(31-19-23-49-24-20-31)51-45(30-37)32-21-25-50-26-22-32/h1-30H. The fourth-order valence-corrected chi connectivity index (χ4v) is 7.60. The quantitative estimate of drug-likeness (QED) is 0.172. The molecule has 0 spiro atoms. The molecule has 4 heteroatoms. The zero-order chi connectivity index (χ0) is 34.4. The van der Waals surface area contributed by atoms with Crippen LogP contribution in [0, 0.1) is 0 Å². The molecule has 0 aliphatic heterocycles. The minimum Gasteiger partial charge on any atom is -0.265 e. The Hall–Kier alpha value is -7.04. The Morgan fingerprint density at radius 3 is 1.35 bits per heavy atom. The van der Waals surface area contributed by atoms with Gasteiger partial charge in [0.25, 0.3) is 0 Å². The predicted molar refractivity (Wildman–Crippen MR) is 215 cm³/mol. The van der Waals surface area contributed by atoms with Crippen molar-refractivity contribution >= 4 is 43.2 Å². The molecule has 0 bridgehead atoms. The van der Waals surface area contributed by atoms with Crippen molar-refractivity contribution < 1.29 is 0 Å². The van der Waals surface area contributed by atoms with E-state index in [-0.39, 0.29) is 0 Å². The number of aromatic nitrogens is 4. The molecule has 0 unspecified atom stereocenters. The van der Waals surface area contributed by atoms with E-state index >= 15 is 0 Å². The van der Waals surface area contributed by atoms with Gasteiger partial charge in [-0.25, -0.2) is 9.97 Å². The molecule has 4 heterocycles. The van der Waals surface area contributed by atoms with Crippen molar-refractivity contribution in [1.29, 1.82) is 0 Å². The summed E-state index contributed by atoms with van der Waals surface area (Å²) >= 11 is 0. The fourth-order valence-electron chi connectivity index (χ4n) is 7.60. The number of nitrogens with zero attached hydrogens (tertiary/aromatic N) is 4. The lowest BCUT2D eigenvalue weighted by atomic mass is 9.89. The molecule has 4 nitrogen and oxygen atoms in total. The van der Waals surface area contributed by atoms with Crippen molar-refractivity contribution in [3.05, 3.63) is 183 Å². The number of fused-ring (bicyclic) bond motifs is 8. The largest absolute Gasteiger partial charge is 0.265 e. The summed E-state index contributed by atoms with van der Waals surface area (Å²) in [6.45, 7) is 0. The van der Waals surface area contributed by atoms with Gasteiger partial charge in [-0.05, 0) is 98.4 Å². The molecule has 10 aromatic rings. The van der Waals surface area contributed by atoms with Gasteiger partial charge >= 0.3 is 0 Å². The van der Waals surface area contributed by atoms with E-state index in [1.54, 1.807) is 0 Å². The van der Waals surface area contributed by atoms with Crippen molar-refractivity contribution in [1.82, 2.24) is 19.9 Å². The molecule has 0 aliphatic rings. The third kappa shape index (κ3) is 5.09. The second-order valence-electron chi connectivity index (χ2n) is 13.1. The van der Waals surface area contributed by atoms with Crippen molar-refractivity contribution in [3.8, 4) is 56.0 Å². The van der Waals surface area contributed by atoms with E-state index in [0.29, 0.717) is 0 Å². The van der Waals surface area contributed by atoms with Crippen LogP contribution in [-0.2, 0) is 0 Å². The van der Waals surface area contributed by atoms with Crippen LogP contribution in [0.2, 0.25) is 0 Å². The topological polar surface area (TPSA) is 51.6 Å². The summed E-state index contributed by atoms with van der Waals surface area (Å²) in [6, 6.07) is 56.0. The van der Waals surface area contributed by atoms with Crippen molar-refractivity contribution in [2.75, 3.05) is 0 Å². The molecule has 0 atom stereocenters. The van der Waals surface area contributed by atoms with Crippen LogP contribution in [0.25, 0.3) is 99.2 Å². The number of para-hydroxylation sites is 1. The van der Waals surface area contributed by atoms with Crippen molar-refractivity contribution in [2.45, 2.75) is 0 Å². The van der Waals surface area contributed by atoms with Gasteiger partial charge in [-0.2, -0.15) is 0 Å². The summed E-state index contributed by atoms with van der Waals surface area (Å²) < 4.78 is 0. The Labute approximate surface area is 300 Å². The predicted octanol–water partition coefficient (Wildman–Crippen LogP) is 12.2. The van der Waals surface area contributed by atoms with E-state index < -0.39 is 0 Å². The molecule has 242 valence electrons. The Morgan fingerprint density at radius 2 is 0.750 bits per heavy atom. The molecular formula is C48H30N4.